The maximum Gasteiger partial charge on any atom is 0.343 e. The number of aryl methyl sites for hydroxylation is 1. The number of nitro benzene ring substituents is 1. The molecule has 0 aliphatic heterocycles. The van der Waals surface area contributed by atoms with Gasteiger partial charge in [0.05, 0.1) is 23.3 Å². The standard InChI is InChI=1S/C20H19N7O6/c1-3-31-16-9-12(10-23-24-18(21)17-19(22)26-33-25-17)4-7-15(16)32-20(28)13-5-6-14(27(29)30)11(2)8-13/h4-10H,3H2,1-2H3,(H2,21,24)(H2,22,26)/b23-10+. The topological polar surface area (TPSA) is 194 Å². The quantitative estimate of drug-likeness (QED) is 0.127. The van der Waals surface area contributed by atoms with Gasteiger partial charge in [-0.25, -0.2) is 9.42 Å². The summed E-state index contributed by atoms with van der Waals surface area (Å²) in [5.41, 5.74) is 12.3. The van der Waals surface area contributed by atoms with E-state index in [-0.39, 0.29) is 40.1 Å². The van der Waals surface area contributed by atoms with Crippen LogP contribution < -0.4 is 20.9 Å². The number of benzene rings is 2. The number of nitro groups is 1. The third kappa shape index (κ3) is 5.46. The van der Waals surface area contributed by atoms with E-state index in [1.54, 1.807) is 19.1 Å². The van der Waals surface area contributed by atoms with Gasteiger partial charge in [0.2, 0.25) is 0 Å². The second-order valence-electron chi connectivity index (χ2n) is 6.51. The Hall–Kier alpha value is -4.81. The summed E-state index contributed by atoms with van der Waals surface area (Å²) >= 11 is 0. The molecular weight excluding hydrogens is 434 g/mol. The summed E-state index contributed by atoms with van der Waals surface area (Å²) in [5, 5.41) is 25.5. The summed E-state index contributed by atoms with van der Waals surface area (Å²) in [6.45, 7) is 3.62. The third-order valence-corrected chi connectivity index (χ3v) is 4.23. The lowest BCUT2D eigenvalue weighted by Crippen LogP contribution is -2.15. The molecule has 0 amide bonds. The maximum atomic E-state index is 12.5. The molecule has 0 spiro atoms. The molecule has 4 N–H and O–H groups in total. The Morgan fingerprint density at radius 1 is 1.24 bits per heavy atom. The van der Waals surface area contributed by atoms with Gasteiger partial charge in [0.25, 0.3) is 5.69 Å². The Kier molecular flexibility index (Phi) is 6.93. The van der Waals surface area contributed by atoms with Crippen LogP contribution in [0.4, 0.5) is 11.5 Å². The minimum Gasteiger partial charge on any atom is -0.490 e. The highest BCUT2D eigenvalue weighted by Crippen LogP contribution is 2.29. The number of carbonyl (C=O) groups is 1. The van der Waals surface area contributed by atoms with Gasteiger partial charge in [0.1, 0.15) is 0 Å². The first-order chi connectivity index (χ1) is 15.8. The monoisotopic (exact) mass is 453 g/mol. The fraction of sp³-hybridized carbons (Fsp3) is 0.150. The first-order valence-electron chi connectivity index (χ1n) is 9.49. The van der Waals surface area contributed by atoms with Crippen molar-refractivity contribution in [1.29, 1.82) is 0 Å². The summed E-state index contributed by atoms with van der Waals surface area (Å²) in [7, 11) is 0. The summed E-state index contributed by atoms with van der Waals surface area (Å²) in [4.78, 5) is 23.0. The van der Waals surface area contributed by atoms with Crippen molar-refractivity contribution in [2.45, 2.75) is 13.8 Å². The SMILES string of the molecule is CCOc1cc(/C=N/N=C(\N)c2nonc2N)ccc1OC(=O)c1ccc([N+](=O)[O-])c(C)c1. The van der Waals surface area contributed by atoms with E-state index in [0.29, 0.717) is 17.7 Å². The molecule has 1 heterocycles. The molecule has 0 bridgehead atoms. The van der Waals surface area contributed by atoms with Crippen molar-refractivity contribution in [3.05, 3.63) is 68.9 Å². The molecule has 13 heteroatoms. The molecule has 3 aromatic rings. The zero-order chi connectivity index (χ0) is 24.0. The smallest absolute Gasteiger partial charge is 0.343 e. The Morgan fingerprint density at radius 3 is 2.67 bits per heavy atom. The highest BCUT2D eigenvalue weighted by molar-refractivity contribution is 5.99. The Balaban J connectivity index is 1.78. The first kappa shape index (κ1) is 22.9. The number of hydrogen-bond donors (Lipinski definition) is 2. The molecule has 170 valence electrons. The molecule has 13 nitrogen and oxygen atoms in total. The van der Waals surface area contributed by atoms with Gasteiger partial charge < -0.3 is 20.9 Å². The molecular formula is C20H19N7O6. The summed E-state index contributed by atoms with van der Waals surface area (Å²) in [6.07, 6.45) is 1.39. The Labute approximate surface area is 186 Å². The molecule has 0 fully saturated rings. The number of aromatic nitrogens is 2. The zero-order valence-electron chi connectivity index (χ0n) is 17.6. The van der Waals surface area contributed by atoms with Crippen molar-refractivity contribution in [3.8, 4) is 11.5 Å². The van der Waals surface area contributed by atoms with Crippen LogP contribution in [-0.4, -0.2) is 39.9 Å². The molecule has 1 aromatic heterocycles. The molecule has 33 heavy (non-hydrogen) atoms. The van der Waals surface area contributed by atoms with E-state index in [4.69, 9.17) is 20.9 Å². The lowest BCUT2D eigenvalue weighted by atomic mass is 10.1. The zero-order valence-corrected chi connectivity index (χ0v) is 17.6. The number of nitrogens with zero attached hydrogens (tertiary/aromatic N) is 5. The van der Waals surface area contributed by atoms with Crippen molar-refractivity contribution in [2.24, 2.45) is 15.9 Å². The minimum atomic E-state index is -0.688. The van der Waals surface area contributed by atoms with Crippen molar-refractivity contribution in [1.82, 2.24) is 10.3 Å². The third-order valence-electron chi connectivity index (χ3n) is 4.23. The number of amidine groups is 1. The second-order valence-corrected chi connectivity index (χ2v) is 6.51. The van der Waals surface area contributed by atoms with E-state index in [1.165, 1.54) is 37.4 Å². The molecule has 0 atom stereocenters. The maximum absolute atomic E-state index is 12.5. The molecule has 0 aliphatic carbocycles. The number of nitrogens with two attached hydrogens (primary N) is 2. The second kappa shape index (κ2) is 10.00. The lowest BCUT2D eigenvalue weighted by Gasteiger charge is -2.11. The summed E-state index contributed by atoms with van der Waals surface area (Å²) < 4.78 is 15.4. The van der Waals surface area contributed by atoms with Crippen LogP contribution in [0, 0.1) is 17.0 Å². The van der Waals surface area contributed by atoms with Gasteiger partial charge in [0, 0.05) is 11.6 Å². The van der Waals surface area contributed by atoms with Gasteiger partial charge in [-0.3, -0.25) is 10.1 Å². The molecule has 0 aliphatic rings. The molecule has 3 rings (SSSR count). The predicted octanol–water partition coefficient (Wildman–Crippen LogP) is 2.23. The van der Waals surface area contributed by atoms with Crippen LogP contribution in [0.5, 0.6) is 11.5 Å². The van der Waals surface area contributed by atoms with E-state index < -0.39 is 10.9 Å². The molecule has 2 aromatic carbocycles. The van der Waals surface area contributed by atoms with Gasteiger partial charge in [-0.15, -0.1) is 5.10 Å². The van der Waals surface area contributed by atoms with Crippen LogP contribution in [0.3, 0.4) is 0 Å². The normalized spacial score (nSPS) is 11.5. The average Bonchev–Trinajstić information content (AvgIpc) is 3.21. The summed E-state index contributed by atoms with van der Waals surface area (Å²) in [5.74, 6) is -0.334. The van der Waals surface area contributed by atoms with E-state index in [9.17, 15) is 14.9 Å². The molecule has 0 radical (unpaired) electrons. The van der Waals surface area contributed by atoms with Gasteiger partial charge in [-0.1, -0.05) is 0 Å². The van der Waals surface area contributed by atoms with Crippen LogP contribution in [-0.2, 0) is 0 Å². The first-order valence-corrected chi connectivity index (χ1v) is 9.49. The Morgan fingerprint density at radius 2 is 2.03 bits per heavy atom. The number of esters is 1. The van der Waals surface area contributed by atoms with Crippen molar-refractivity contribution in [2.75, 3.05) is 12.3 Å². The van der Waals surface area contributed by atoms with Crippen molar-refractivity contribution in [3.63, 3.8) is 0 Å². The van der Waals surface area contributed by atoms with Gasteiger partial charge in [-0.05, 0) is 60.1 Å². The predicted molar refractivity (Wildman–Crippen MR) is 117 cm³/mol. The van der Waals surface area contributed by atoms with Crippen LogP contribution >= 0.6 is 0 Å². The number of carbonyl (C=O) groups excluding carboxylic acids is 1. The van der Waals surface area contributed by atoms with Crippen LogP contribution in [0.2, 0.25) is 0 Å². The summed E-state index contributed by atoms with van der Waals surface area (Å²) in [6, 6.07) is 8.71. The van der Waals surface area contributed by atoms with E-state index in [0.717, 1.165) is 0 Å². The van der Waals surface area contributed by atoms with Crippen molar-refractivity contribution >= 4 is 29.5 Å². The molecule has 0 unspecified atom stereocenters. The molecule has 0 saturated carbocycles. The minimum absolute atomic E-state index is 0.0144. The van der Waals surface area contributed by atoms with Gasteiger partial charge in [0.15, 0.2) is 28.8 Å². The number of hydrogen-bond acceptors (Lipinski definition) is 11. The highest BCUT2D eigenvalue weighted by Gasteiger charge is 2.17. The fourth-order valence-electron chi connectivity index (χ4n) is 2.68. The van der Waals surface area contributed by atoms with E-state index in [2.05, 4.69) is 25.1 Å². The van der Waals surface area contributed by atoms with Crippen LogP contribution in [0.1, 0.15) is 34.1 Å². The fourth-order valence-corrected chi connectivity index (χ4v) is 2.68. The average molecular weight is 453 g/mol. The van der Waals surface area contributed by atoms with Crippen LogP contribution in [0.25, 0.3) is 0 Å². The number of rotatable bonds is 8. The molecule has 0 saturated heterocycles. The van der Waals surface area contributed by atoms with Crippen LogP contribution in [0.15, 0.2) is 51.2 Å². The largest absolute Gasteiger partial charge is 0.490 e. The highest BCUT2D eigenvalue weighted by atomic mass is 16.6. The van der Waals surface area contributed by atoms with Gasteiger partial charge >= 0.3 is 5.97 Å². The van der Waals surface area contributed by atoms with Gasteiger partial charge in [-0.2, -0.15) is 5.10 Å². The Bertz CT molecular complexity index is 1250. The number of ether oxygens (including phenoxy) is 2. The number of anilines is 1. The van der Waals surface area contributed by atoms with Crippen molar-refractivity contribution < 1.29 is 23.8 Å². The lowest BCUT2D eigenvalue weighted by molar-refractivity contribution is -0.385. The van der Waals surface area contributed by atoms with E-state index in [1.807, 2.05) is 0 Å². The number of nitrogen functional groups attached to an aromatic ring is 1. The van der Waals surface area contributed by atoms with E-state index >= 15 is 0 Å².